The van der Waals surface area contributed by atoms with Gasteiger partial charge in [-0.1, -0.05) is 28.1 Å². The van der Waals surface area contributed by atoms with Gasteiger partial charge in [-0.25, -0.2) is 4.68 Å². The summed E-state index contributed by atoms with van der Waals surface area (Å²) in [5.41, 5.74) is 3.49. The average molecular weight is 320 g/mol. The smallest absolute Gasteiger partial charge is 0.215 e. The van der Waals surface area contributed by atoms with Gasteiger partial charge in [-0.2, -0.15) is 5.10 Å². The van der Waals surface area contributed by atoms with E-state index in [-0.39, 0.29) is 5.92 Å². The number of hydrogen-bond donors (Lipinski definition) is 0. The lowest BCUT2D eigenvalue weighted by molar-refractivity contribution is 0.368. The van der Waals surface area contributed by atoms with Crippen LogP contribution in [0.5, 0.6) is 5.88 Å². The summed E-state index contributed by atoms with van der Waals surface area (Å²) in [6.07, 6.45) is 3.80. The van der Waals surface area contributed by atoms with Crippen molar-refractivity contribution in [2.45, 2.75) is 5.92 Å². The third-order valence-corrected chi connectivity index (χ3v) is 4.14. The molecule has 2 heterocycles. The van der Waals surface area contributed by atoms with Crippen molar-refractivity contribution in [2.75, 3.05) is 13.7 Å². The Morgan fingerprint density at radius 2 is 2.21 bits per heavy atom. The van der Waals surface area contributed by atoms with Crippen molar-refractivity contribution in [1.82, 2.24) is 9.78 Å². The third kappa shape index (κ3) is 1.98. The summed E-state index contributed by atoms with van der Waals surface area (Å²) in [6, 6.07) is 6.23. The highest BCUT2D eigenvalue weighted by Crippen LogP contribution is 2.36. The van der Waals surface area contributed by atoms with Crippen LogP contribution in [-0.4, -0.2) is 29.6 Å². The Balaban J connectivity index is 2.13. The lowest BCUT2D eigenvalue weighted by Gasteiger charge is -2.22. The maximum absolute atomic E-state index is 5.45. The molecule has 0 radical (unpaired) electrons. The van der Waals surface area contributed by atoms with Crippen LogP contribution in [0.2, 0.25) is 0 Å². The van der Waals surface area contributed by atoms with Crippen LogP contribution in [0.25, 0.3) is 0 Å². The maximum atomic E-state index is 5.45. The molecular formula is C14H14BrN3O. The Hall–Kier alpha value is -1.62. The number of aryl methyl sites for hydroxylation is 1. The van der Waals surface area contributed by atoms with Gasteiger partial charge in [0.2, 0.25) is 5.88 Å². The minimum atomic E-state index is 0.196. The highest BCUT2D eigenvalue weighted by molar-refractivity contribution is 9.10. The van der Waals surface area contributed by atoms with Gasteiger partial charge in [0.1, 0.15) is 0 Å². The molecule has 0 amide bonds. The molecular weight excluding hydrogens is 306 g/mol. The largest absolute Gasteiger partial charge is 0.481 e. The first kappa shape index (κ1) is 12.4. The van der Waals surface area contributed by atoms with Crippen molar-refractivity contribution in [3.05, 3.63) is 45.6 Å². The highest BCUT2D eigenvalue weighted by atomic mass is 79.9. The SMILES string of the molecule is COc1c(C2CN=Cc3c(Br)cccc32)cnn1C. The number of nitrogens with zero attached hydrogens (tertiary/aromatic N) is 3. The molecule has 0 fully saturated rings. The van der Waals surface area contributed by atoms with Gasteiger partial charge in [-0.3, -0.25) is 4.99 Å². The van der Waals surface area contributed by atoms with E-state index in [2.05, 4.69) is 38.2 Å². The molecule has 1 aromatic heterocycles. The Labute approximate surface area is 120 Å². The summed E-state index contributed by atoms with van der Waals surface area (Å²) in [7, 11) is 3.56. The number of hydrogen-bond acceptors (Lipinski definition) is 3. The standard InChI is InChI=1S/C14H14BrN3O/c1-18-14(19-2)12(8-17-18)10-6-16-7-11-9(10)4-3-5-13(11)15/h3-5,7-8,10H,6H2,1-2H3. The van der Waals surface area contributed by atoms with E-state index in [0.29, 0.717) is 0 Å². The van der Waals surface area contributed by atoms with E-state index in [1.54, 1.807) is 11.8 Å². The van der Waals surface area contributed by atoms with Crippen molar-refractivity contribution in [3.63, 3.8) is 0 Å². The lowest BCUT2D eigenvalue weighted by Crippen LogP contribution is -2.13. The molecule has 4 nitrogen and oxygen atoms in total. The summed E-state index contributed by atoms with van der Waals surface area (Å²) in [4.78, 5) is 4.47. The van der Waals surface area contributed by atoms with Crippen LogP contribution in [0.1, 0.15) is 22.6 Å². The number of aliphatic imine (C=N–C) groups is 1. The lowest BCUT2D eigenvalue weighted by atomic mass is 9.88. The Bertz CT molecular complexity index is 648. The first-order valence-corrected chi connectivity index (χ1v) is 6.85. The van der Waals surface area contributed by atoms with Gasteiger partial charge in [-0.15, -0.1) is 0 Å². The van der Waals surface area contributed by atoms with Crippen molar-refractivity contribution in [2.24, 2.45) is 12.0 Å². The first-order chi connectivity index (χ1) is 9.22. The summed E-state index contributed by atoms with van der Waals surface area (Å²) in [6.45, 7) is 0.728. The van der Waals surface area contributed by atoms with E-state index in [1.165, 1.54) is 5.56 Å². The first-order valence-electron chi connectivity index (χ1n) is 6.06. The predicted molar refractivity (Wildman–Crippen MR) is 78.2 cm³/mol. The van der Waals surface area contributed by atoms with Crippen LogP contribution >= 0.6 is 15.9 Å². The van der Waals surface area contributed by atoms with Crippen molar-refractivity contribution < 1.29 is 4.74 Å². The van der Waals surface area contributed by atoms with Crippen LogP contribution in [0.15, 0.2) is 33.9 Å². The van der Waals surface area contributed by atoms with Crippen LogP contribution in [-0.2, 0) is 7.05 Å². The fourth-order valence-electron chi connectivity index (χ4n) is 2.54. The number of methoxy groups -OCH3 is 1. The van der Waals surface area contributed by atoms with Gasteiger partial charge < -0.3 is 4.74 Å². The minimum absolute atomic E-state index is 0.196. The normalized spacial score (nSPS) is 17.3. The van der Waals surface area contributed by atoms with E-state index < -0.39 is 0 Å². The number of fused-ring (bicyclic) bond motifs is 1. The summed E-state index contributed by atoms with van der Waals surface area (Å²) < 4.78 is 8.28. The maximum Gasteiger partial charge on any atom is 0.215 e. The molecule has 0 spiro atoms. The molecule has 1 aliphatic rings. The molecule has 3 rings (SSSR count). The average Bonchev–Trinajstić information content (AvgIpc) is 2.79. The van der Waals surface area contributed by atoms with E-state index in [4.69, 9.17) is 4.74 Å². The summed E-state index contributed by atoms with van der Waals surface area (Å²) in [5, 5.41) is 4.29. The molecule has 1 atom stereocenters. The summed E-state index contributed by atoms with van der Waals surface area (Å²) >= 11 is 3.58. The molecule has 0 saturated heterocycles. The predicted octanol–water partition coefficient (Wildman–Crippen LogP) is 2.76. The molecule has 0 aliphatic carbocycles. The molecule has 0 bridgehead atoms. The fourth-order valence-corrected chi connectivity index (χ4v) is 3.02. The zero-order chi connectivity index (χ0) is 13.4. The van der Waals surface area contributed by atoms with Gasteiger partial charge >= 0.3 is 0 Å². The van der Waals surface area contributed by atoms with Crippen molar-refractivity contribution in [1.29, 1.82) is 0 Å². The van der Waals surface area contributed by atoms with Gasteiger partial charge in [0.25, 0.3) is 0 Å². The molecule has 5 heteroatoms. The van der Waals surface area contributed by atoms with E-state index in [0.717, 1.165) is 28.0 Å². The molecule has 98 valence electrons. The van der Waals surface area contributed by atoms with E-state index in [1.807, 2.05) is 25.5 Å². The molecule has 19 heavy (non-hydrogen) atoms. The Kier molecular flexibility index (Phi) is 3.14. The number of ether oxygens (including phenoxy) is 1. The molecule has 1 aromatic carbocycles. The number of rotatable bonds is 2. The number of benzene rings is 1. The number of aromatic nitrogens is 2. The van der Waals surface area contributed by atoms with Gasteiger partial charge in [-0.05, 0) is 11.6 Å². The van der Waals surface area contributed by atoms with E-state index >= 15 is 0 Å². The zero-order valence-corrected chi connectivity index (χ0v) is 12.4. The highest BCUT2D eigenvalue weighted by Gasteiger charge is 2.26. The van der Waals surface area contributed by atoms with E-state index in [9.17, 15) is 0 Å². The fraction of sp³-hybridized carbons (Fsp3) is 0.286. The molecule has 0 N–H and O–H groups in total. The van der Waals surface area contributed by atoms with Gasteiger partial charge in [0.05, 0.1) is 19.9 Å². The van der Waals surface area contributed by atoms with Crippen LogP contribution in [0.3, 0.4) is 0 Å². The second kappa shape index (κ2) is 4.81. The van der Waals surface area contributed by atoms with Crippen LogP contribution in [0, 0.1) is 0 Å². The summed E-state index contributed by atoms with van der Waals surface area (Å²) in [5.74, 6) is 0.995. The Morgan fingerprint density at radius 3 is 3.00 bits per heavy atom. The van der Waals surface area contributed by atoms with Crippen molar-refractivity contribution >= 4 is 22.1 Å². The number of halogens is 1. The second-order valence-electron chi connectivity index (χ2n) is 4.52. The third-order valence-electron chi connectivity index (χ3n) is 3.45. The zero-order valence-electron chi connectivity index (χ0n) is 10.8. The molecule has 0 saturated carbocycles. The van der Waals surface area contributed by atoms with Gasteiger partial charge in [0.15, 0.2) is 0 Å². The Morgan fingerprint density at radius 1 is 1.37 bits per heavy atom. The van der Waals surface area contributed by atoms with Crippen LogP contribution in [0.4, 0.5) is 0 Å². The quantitative estimate of drug-likeness (QED) is 0.853. The molecule has 1 aliphatic heterocycles. The van der Waals surface area contributed by atoms with Crippen LogP contribution < -0.4 is 4.74 Å². The second-order valence-corrected chi connectivity index (χ2v) is 5.38. The van der Waals surface area contributed by atoms with Crippen molar-refractivity contribution in [3.8, 4) is 5.88 Å². The van der Waals surface area contributed by atoms with Gasteiger partial charge in [0, 0.05) is 34.8 Å². The topological polar surface area (TPSA) is 39.4 Å². The minimum Gasteiger partial charge on any atom is -0.481 e. The monoisotopic (exact) mass is 319 g/mol. The molecule has 1 unspecified atom stereocenters. The molecule has 2 aromatic rings.